The molecule has 0 saturated carbocycles. The van der Waals surface area contributed by atoms with Crippen LogP contribution in [-0.2, 0) is 15.6 Å². The lowest BCUT2D eigenvalue weighted by Gasteiger charge is -2.06. The molecule has 8 heteroatoms. The number of benzene rings is 1. The highest BCUT2D eigenvalue weighted by atomic mass is 35.5. The van der Waals surface area contributed by atoms with Crippen molar-refractivity contribution in [2.45, 2.75) is 30.9 Å². The Balaban J connectivity index is 2.27. The van der Waals surface area contributed by atoms with E-state index in [0.29, 0.717) is 10.6 Å². The molecule has 0 unspecified atom stereocenters. The van der Waals surface area contributed by atoms with Gasteiger partial charge in [-0.3, -0.25) is 0 Å². The van der Waals surface area contributed by atoms with Crippen LogP contribution in [0, 0.1) is 5.92 Å². The van der Waals surface area contributed by atoms with Gasteiger partial charge in [0.25, 0.3) is 5.89 Å². The second-order valence-corrected chi connectivity index (χ2v) is 7.38. The van der Waals surface area contributed by atoms with E-state index in [1.54, 1.807) is 24.3 Å². The number of halogens is 1. The first-order valence-electron chi connectivity index (χ1n) is 6.44. The van der Waals surface area contributed by atoms with Crippen LogP contribution in [-0.4, -0.2) is 18.6 Å². The molecule has 0 aliphatic rings. The van der Waals surface area contributed by atoms with E-state index in [1.165, 1.54) is 0 Å². The van der Waals surface area contributed by atoms with Crippen molar-refractivity contribution in [1.82, 2.24) is 10.2 Å². The highest BCUT2D eigenvalue weighted by Gasteiger charge is 2.28. The monoisotopic (exact) mass is 330 g/mol. The van der Waals surface area contributed by atoms with E-state index >= 15 is 0 Å². The Morgan fingerprint density at radius 1 is 1.29 bits per heavy atom. The first-order valence-corrected chi connectivity index (χ1v) is 8.47. The molecule has 0 saturated heterocycles. The Morgan fingerprint density at radius 2 is 1.95 bits per heavy atom. The molecule has 0 aliphatic heterocycles. The average Bonchev–Trinajstić information content (AvgIpc) is 2.90. The molecule has 21 heavy (non-hydrogen) atoms. The van der Waals surface area contributed by atoms with E-state index in [-0.39, 0.29) is 23.6 Å². The van der Waals surface area contributed by atoms with Crippen LogP contribution in [0.3, 0.4) is 0 Å². The van der Waals surface area contributed by atoms with Crippen LogP contribution in [0.2, 0.25) is 5.02 Å². The minimum absolute atomic E-state index is 0.171. The largest absolute Gasteiger partial charge is 0.406 e. The van der Waals surface area contributed by atoms with Crippen molar-refractivity contribution in [3.63, 3.8) is 0 Å². The molecule has 1 aromatic carbocycles. The smallest absolute Gasteiger partial charge is 0.336 e. The van der Waals surface area contributed by atoms with Crippen molar-refractivity contribution in [2.24, 2.45) is 5.92 Å². The van der Waals surface area contributed by atoms with Crippen LogP contribution in [0.25, 0.3) is 0 Å². The minimum Gasteiger partial charge on any atom is -0.406 e. The third-order valence-corrected chi connectivity index (χ3v) is 4.87. The van der Waals surface area contributed by atoms with E-state index in [2.05, 4.69) is 15.9 Å². The molecule has 1 aromatic heterocycles. The van der Waals surface area contributed by atoms with Crippen LogP contribution < -0.4 is 5.73 Å². The molecule has 0 radical (unpaired) electrons. The summed E-state index contributed by atoms with van der Waals surface area (Å²) in [5.41, 5.74) is 4.38. The molecule has 6 nitrogen and oxygen atoms in total. The van der Waals surface area contributed by atoms with Gasteiger partial charge in [-0.25, -0.2) is 8.42 Å². The topological polar surface area (TPSA) is 101 Å². The Hall–Kier alpha value is -1.44. The van der Waals surface area contributed by atoms with Crippen molar-refractivity contribution >= 4 is 21.4 Å². The van der Waals surface area contributed by atoms with Gasteiger partial charge in [0.05, 0.1) is 5.75 Å². The molecular weight excluding hydrogens is 314 g/mol. The van der Waals surface area contributed by atoms with Crippen LogP contribution >= 0.6 is 11.6 Å². The van der Waals surface area contributed by atoms with Gasteiger partial charge in [-0.15, -0.1) is 5.10 Å². The second kappa shape index (κ2) is 6.13. The fourth-order valence-electron chi connectivity index (χ4n) is 1.66. The van der Waals surface area contributed by atoms with Crippen LogP contribution in [0.4, 0.5) is 0 Å². The van der Waals surface area contributed by atoms with E-state index in [9.17, 15) is 8.42 Å². The summed E-state index contributed by atoms with van der Waals surface area (Å²) in [7, 11) is -3.73. The second-order valence-electron chi connectivity index (χ2n) is 5.11. The molecule has 114 valence electrons. The molecule has 1 heterocycles. The zero-order chi connectivity index (χ0) is 15.6. The summed E-state index contributed by atoms with van der Waals surface area (Å²) in [6, 6.07) is 6.49. The molecule has 3 N–H and O–H groups in total. The van der Waals surface area contributed by atoms with Gasteiger partial charge >= 0.3 is 5.22 Å². The van der Waals surface area contributed by atoms with Gasteiger partial charge in [-0.1, -0.05) is 48.7 Å². The lowest BCUT2D eigenvalue weighted by atomic mass is 10.1. The van der Waals surface area contributed by atoms with Crippen molar-refractivity contribution in [1.29, 1.82) is 0 Å². The van der Waals surface area contributed by atoms with Gasteiger partial charge in [-0.05, 0) is 11.6 Å². The minimum atomic E-state index is -3.73. The number of sulfone groups is 1. The third-order valence-electron chi connectivity index (χ3n) is 3.11. The normalized spacial score (nSPS) is 13.6. The predicted octanol–water partition coefficient (Wildman–Crippen LogP) is 1.64. The van der Waals surface area contributed by atoms with Crippen molar-refractivity contribution < 1.29 is 18.6 Å². The Kier molecular flexibility index (Phi) is 4.65. The van der Waals surface area contributed by atoms with E-state index in [0.717, 1.165) is 0 Å². The maximum Gasteiger partial charge on any atom is 0.336 e. The molecule has 1 atom stereocenters. The highest BCUT2D eigenvalue weighted by molar-refractivity contribution is 7.90. The molecule has 0 spiro atoms. The molecule has 0 bridgehead atoms. The quantitative estimate of drug-likeness (QED) is 0.898. The maximum absolute atomic E-state index is 12.3. The SMILES string of the molecule is CC(C)[C@H]([NH3+])c1nnc(S(=O)(=O)Cc2ccccc2Cl)o1. The van der Waals surface area contributed by atoms with Gasteiger partial charge in [0.15, 0.2) is 6.04 Å². The standard InChI is InChI=1S/C13H16ClN3O3S/c1-8(2)11(15)12-16-17-13(20-12)21(18,19)7-9-5-3-4-6-10(9)14/h3-6,8,11H,7,15H2,1-2H3/p+1/t11-/m0/s1. The zero-order valence-electron chi connectivity index (χ0n) is 11.8. The summed E-state index contributed by atoms with van der Waals surface area (Å²) >= 11 is 5.97. The van der Waals surface area contributed by atoms with Gasteiger partial charge in [0, 0.05) is 10.9 Å². The van der Waals surface area contributed by atoms with E-state index < -0.39 is 15.1 Å². The average molecular weight is 331 g/mol. The summed E-state index contributed by atoms with van der Waals surface area (Å²) in [5, 5.41) is 7.40. The summed E-state index contributed by atoms with van der Waals surface area (Å²) in [6.45, 7) is 3.89. The highest BCUT2D eigenvalue weighted by Crippen LogP contribution is 2.23. The molecule has 0 aliphatic carbocycles. The van der Waals surface area contributed by atoms with Gasteiger partial charge < -0.3 is 10.2 Å². The number of hydrogen-bond acceptors (Lipinski definition) is 5. The van der Waals surface area contributed by atoms with Gasteiger partial charge in [0.2, 0.25) is 9.84 Å². The lowest BCUT2D eigenvalue weighted by molar-refractivity contribution is -0.443. The maximum atomic E-state index is 12.3. The molecule has 2 aromatic rings. The summed E-state index contributed by atoms with van der Waals surface area (Å²) in [6.07, 6.45) is 0. The van der Waals surface area contributed by atoms with Crippen molar-refractivity contribution in [3.05, 3.63) is 40.7 Å². The van der Waals surface area contributed by atoms with Crippen LogP contribution in [0.1, 0.15) is 31.3 Å². The lowest BCUT2D eigenvalue weighted by Crippen LogP contribution is -2.56. The number of quaternary nitrogens is 1. The van der Waals surface area contributed by atoms with Crippen LogP contribution in [0.5, 0.6) is 0 Å². The van der Waals surface area contributed by atoms with Gasteiger partial charge in [0.1, 0.15) is 0 Å². The fraction of sp³-hybridized carbons (Fsp3) is 0.385. The summed E-state index contributed by atoms with van der Waals surface area (Å²) < 4.78 is 29.8. The molecule has 2 rings (SSSR count). The number of nitrogens with zero attached hydrogens (tertiary/aromatic N) is 2. The Bertz CT molecular complexity index is 728. The Labute approximate surface area is 128 Å². The summed E-state index contributed by atoms with van der Waals surface area (Å²) in [5.74, 6) is 0.116. The predicted molar refractivity (Wildman–Crippen MR) is 77.1 cm³/mol. The molecular formula is C13H17ClN3O3S+. The number of aromatic nitrogens is 2. The number of hydrogen-bond donors (Lipinski definition) is 1. The van der Waals surface area contributed by atoms with E-state index in [1.807, 2.05) is 13.8 Å². The van der Waals surface area contributed by atoms with E-state index in [4.69, 9.17) is 16.0 Å². The summed E-state index contributed by atoms with van der Waals surface area (Å²) in [4.78, 5) is 0. The van der Waals surface area contributed by atoms with Crippen molar-refractivity contribution in [3.8, 4) is 0 Å². The van der Waals surface area contributed by atoms with Crippen molar-refractivity contribution in [2.75, 3.05) is 0 Å². The molecule has 0 fully saturated rings. The number of rotatable bonds is 5. The van der Waals surface area contributed by atoms with Gasteiger partial charge in [-0.2, -0.15) is 0 Å². The zero-order valence-corrected chi connectivity index (χ0v) is 13.4. The first-order chi connectivity index (χ1) is 9.81. The third kappa shape index (κ3) is 3.61. The van der Waals surface area contributed by atoms with Crippen LogP contribution in [0.15, 0.2) is 33.9 Å². The Morgan fingerprint density at radius 3 is 2.57 bits per heavy atom. The molecule has 0 amide bonds. The fourth-order valence-corrected chi connectivity index (χ4v) is 3.11. The first kappa shape index (κ1) is 15.9.